The van der Waals surface area contributed by atoms with Crippen LogP contribution in [-0.2, 0) is 0 Å². The summed E-state index contributed by atoms with van der Waals surface area (Å²) < 4.78 is 0. The fraction of sp³-hybridized carbons (Fsp3) is 0.357. The van der Waals surface area contributed by atoms with E-state index in [0.29, 0.717) is 5.92 Å². The van der Waals surface area contributed by atoms with Crippen molar-refractivity contribution in [2.45, 2.75) is 26.2 Å². The molecule has 0 bridgehead atoms. The van der Waals surface area contributed by atoms with Crippen molar-refractivity contribution in [3.8, 4) is 11.8 Å². The summed E-state index contributed by atoms with van der Waals surface area (Å²) in [5, 5.41) is 9.47. The summed E-state index contributed by atoms with van der Waals surface area (Å²) in [5.41, 5.74) is 2.36. The van der Waals surface area contributed by atoms with Crippen LogP contribution in [0.25, 0.3) is 0 Å². The number of rotatable bonds is 1. The zero-order chi connectivity index (χ0) is 12.3. The van der Waals surface area contributed by atoms with E-state index >= 15 is 0 Å². The Morgan fingerprint density at radius 2 is 2.35 bits per heavy atom. The number of nitrogens with zero attached hydrogens (tertiary/aromatic N) is 1. The minimum absolute atomic E-state index is 0.112. The first-order valence-electron chi connectivity index (χ1n) is 5.62. The van der Waals surface area contributed by atoms with Gasteiger partial charge in [-0.2, -0.15) is 0 Å². The number of hydrogen-bond donors (Lipinski definition) is 1. The van der Waals surface area contributed by atoms with E-state index in [0.717, 1.165) is 17.1 Å². The second-order valence-corrected chi connectivity index (χ2v) is 5.11. The lowest BCUT2D eigenvalue weighted by Crippen LogP contribution is -1.97. The average molecular weight is 245 g/mol. The van der Waals surface area contributed by atoms with E-state index in [1.165, 1.54) is 10.5 Å². The maximum Gasteiger partial charge on any atom is 0.167 e. The lowest BCUT2D eigenvalue weighted by Gasteiger charge is -2.13. The summed E-state index contributed by atoms with van der Waals surface area (Å²) in [6.07, 6.45) is 7.68. The zero-order valence-electron chi connectivity index (χ0n) is 10.0. The average Bonchev–Trinajstić information content (AvgIpc) is 2.68. The summed E-state index contributed by atoms with van der Waals surface area (Å²) in [4.78, 5) is 5.72. The molecule has 0 fully saturated rings. The van der Waals surface area contributed by atoms with Gasteiger partial charge in [0.2, 0.25) is 0 Å². The van der Waals surface area contributed by atoms with Crippen molar-refractivity contribution < 1.29 is 5.11 Å². The molecule has 0 aliphatic heterocycles. The van der Waals surface area contributed by atoms with Gasteiger partial charge in [0, 0.05) is 10.8 Å². The van der Waals surface area contributed by atoms with Crippen LogP contribution in [0.3, 0.4) is 0 Å². The summed E-state index contributed by atoms with van der Waals surface area (Å²) in [7, 11) is 0. The van der Waals surface area contributed by atoms with Crippen molar-refractivity contribution in [2.24, 2.45) is 0 Å². The Kier molecular flexibility index (Phi) is 3.78. The van der Waals surface area contributed by atoms with E-state index in [1.807, 2.05) is 6.92 Å². The standard InChI is InChI=1S/C14H15NOS/c1-10-5-3-6-12(9-10)14-11(2)15-13(17-14)7-4-8-16/h3,5,9,12,16H,6,8H2,1-2H3. The lowest BCUT2D eigenvalue weighted by molar-refractivity contribution is 0.350. The quantitative estimate of drug-likeness (QED) is 0.772. The highest BCUT2D eigenvalue weighted by Crippen LogP contribution is 2.33. The first-order valence-corrected chi connectivity index (χ1v) is 6.44. The van der Waals surface area contributed by atoms with Gasteiger partial charge >= 0.3 is 0 Å². The largest absolute Gasteiger partial charge is 0.384 e. The van der Waals surface area contributed by atoms with Crippen LogP contribution in [0.1, 0.15) is 34.8 Å². The molecule has 1 aliphatic rings. The fourth-order valence-electron chi connectivity index (χ4n) is 1.95. The van der Waals surface area contributed by atoms with E-state index < -0.39 is 0 Å². The zero-order valence-corrected chi connectivity index (χ0v) is 10.8. The summed E-state index contributed by atoms with van der Waals surface area (Å²) >= 11 is 1.63. The monoisotopic (exact) mass is 245 g/mol. The van der Waals surface area contributed by atoms with Gasteiger partial charge < -0.3 is 5.11 Å². The van der Waals surface area contributed by atoms with Crippen molar-refractivity contribution in [1.82, 2.24) is 4.98 Å². The Morgan fingerprint density at radius 1 is 1.53 bits per heavy atom. The Hall–Kier alpha value is -1.37. The van der Waals surface area contributed by atoms with Crippen LogP contribution in [0.4, 0.5) is 0 Å². The molecular formula is C14H15NOS. The van der Waals surface area contributed by atoms with Gasteiger partial charge in [-0.05, 0) is 26.2 Å². The summed E-state index contributed by atoms with van der Waals surface area (Å²) in [5.74, 6) is 5.95. The molecule has 1 aromatic heterocycles. The van der Waals surface area contributed by atoms with Crippen molar-refractivity contribution >= 4 is 11.3 Å². The highest BCUT2D eigenvalue weighted by molar-refractivity contribution is 7.12. The highest BCUT2D eigenvalue weighted by atomic mass is 32.1. The maximum atomic E-state index is 8.67. The molecule has 1 unspecified atom stereocenters. The van der Waals surface area contributed by atoms with Crippen LogP contribution in [0.2, 0.25) is 0 Å². The molecule has 2 nitrogen and oxygen atoms in total. The lowest BCUT2D eigenvalue weighted by atomic mass is 9.95. The van der Waals surface area contributed by atoms with Crippen LogP contribution in [0.15, 0.2) is 23.8 Å². The predicted molar refractivity (Wildman–Crippen MR) is 71.1 cm³/mol. The number of allylic oxidation sites excluding steroid dienone is 4. The molecule has 0 aromatic carbocycles. The third-order valence-electron chi connectivity index (χ3n) is 2.68. The minimum atomic E-state index is -0.112. The number of thiazole rings is 1. The van der Waals surface area contributed by atoms with Gasteiger partial charge in [-0.1, -0.05) is 29.7 Å². The Labute approximate surface area is 106 Å². The molecule has 0 radical (unpaired) electrons. The van der Waals surface area contributed by atoms with Crippen LogP contribution in [-0.4, -0.2) is 16.7 Å². The normalized spacial score (nSPS) is 18.5. The molecule has 3 heteroatoms. The number of aromatic nitrogens is 1. The third kappa shape index (κ3) is 2.85. The molecule has 1 N–H and O–H groups in total. The van der Waals surface area contributed by atoms with Gasteiger partial charge in [0.25, 0.3) is 0 Å². The van der Waals surface area contributed by atoms with Crippen LogP contribution >= 0.6 is 11.3 Å². The molecule has 2 rings (SSSR count). The summed E-state index contributed by atoms with van der Waals surface area (Å²) in [6, 6.07) is 0. The van der Waals surface area contributed by atoms with Gasteiger partial charge in [0.05, 0.1) is 5.69 Å². The van der Waals surface area contributed by atoms with E-state index in [9.17, 15) is 0 Å². The van der Waals surface area contributed by atoms with Gasteiger partial charge in [0.1, 0.15) is 6.61 Å². The van der Waals surface area contributed by atoms with E-state index in [2.05, 4.69) is 42.0 Å². The predicted octanol–water partition coefficient (Wildman–Crippen LogP) is 2.79. The molecule has 0 saturated carbocycles. The van der Waals surface area contributed by atoms with E-state index in [-0.39, 0.29) is 6.61 Å². The molecular weight excluding hydrogens is 230 g/mol. The first kappa shape index (κ1) is 12.1. The molecule has 17 heavy (non-hydrogen) atoms. The van der Waals surface area contributed by atoms with Gasteiger partial charge in [-0.25, -0.2) is 4.98 Å². The summed E-state index contributed by atoms with van der Waals surface area (Å²) in [6.45, 7) is 4.03. The minimum Gasteiger partial charge on any atom is -0.384 e. The topological polar surface area (TPSA) is 33.1 Å². The van der Waals surface area contributed by atoms with Crippen molar-refractivity contribution in [3.63, 3.8) is 0 Å². The smallest absolute Gasteiger partial charge is 0.167 e. The van der Waals surface area contributed by atoms with Crippen LogP contribution in [0.5, 0.6) is 0 Å². The maximum absolute atomic E-state index is 8.67. The van der Waals surface area contributed by atoms with E-state index in [1.54, 1.807) is 11.3 Å². The Balaban J connectivity index is 2.27. The van der Waals surface area contributed by atoms with Crippen molar-refractivity contribution in [2.75, 3.05) is 6.61 Å². The molecule has 1 aliphatic carbocycles. The van der Waals surface area contributed by atoms with Crippen molar-refractivity contribution in [3.05, 3.63) is 39.4 Å². The van der Waals surface area contributed by atoms with Gasteiger partial charge in [0.15, 0.2) is 5.01 Å². The molecule has 88 valence electrons. The second-order valence-electron chi connectivity index (χ2n) is 4.08. The number of aryl methyl sites for hydroxylation is 1. The molecule has 1 aromatic rings. The molecule has 1 heterocycles. The molecule has 0 spiro atoms. The highest BCUT2D eigenvalue weighted by Gasteiger charge is 2.16. The molecule has 0 saturated heterocycles. The Bertz CT molecular complexity index is 528. The third-order valence-corrected chi connectivity index (χ3v) is 3.88. The van der Waals surface area contributed by atoms with E-state index in [4.69, 9.17) is 5.11 Å². The first-order chi connectivity index (χ1) is 8.20. The van der Waals surface area contributed by atoms with Gasteiger partial charge in [-0.15, -0.1) is 11.3 Å². The SMILES string of the molecule is CC1=CC(c2sc(C#CCO)nc2C)CC=C1. The van der Waals surface area contributed by atoms with Crippen molar-refractivity contribution in [1.29, 1.82) is 0 Å². The molecule has 0 amide bonds. The number of aliphatic hydroxyl groups is 1. The number of aliphatic hydroxyl groups excluding tert-OH is 1. The van der Waals surface area contributed by atoms with Crippen LogP contribution < -0.4 is 0 Å². The number of hydrogen-bond acceptors (Lipinski definition) is 3. The Morgan fingerprint density at radius 3 is 3.06 bits per heavy atom. The molecule has 1 atom stereocenters. The second kappa shape index (κ2) is 5.31. The van der Waals surface area contributed by atoms with Gasteiger partial charge in [-0.3, -0.25) is 0 Å². The van der Waals surface area contributed by atoms with Crippen LogP contribution in [0, 0.1) is 18.8 Å². The fourth-order valence-corrected chi connectivity index (χ4v) is 2.97.